The van der Waals surface area contributed by atoms with E-state index >= 15 is 0 Å². The Kier molecular flexibility index (Phi) is 8.21. The standard InChI is InChI=1S/C18H31BrOSi/c1-6-7-8-9-17(15-10-12-16(19)13-11-15)20-14-18(2,3)21(4)5/h10-13,17,21H,6-9,14H2,1-5H3/t17-/m0/s1. The molecule has 1 atom stereocenters. The predicted octanol–water partition coefficient (Wildman–Crippen LogP) is 6.35. The van der Waals surface area contributed by atoms with Gasteiger partial charge in [0.2, 0.25) is 0 Å². The van der Waals surface area contributed by atoms with Crippen LogP contribution in [-0.4, -0.2) is 15.4 Å². The van der Waals surface area contributed by atoms with Crippen molar-refractivity contribution < 1.29 is 4.74 Å². The molecule has 0 saturated heterocycles. The van der Waals surface area contributed by atoms with E-state index in [1.165, 1.54) is 24.8 Å². The maximum atomic E-state index is 6.36. The molecule has 0 N–H and O–H groups in total. The van der Waals surface area contributed by atoms with Gasteiger partial charge in [-0.05, 0) is 29.2 Å². The number of halogens is 1. The fourth-order valence-corrected chi connectivity index (χ4v) is 2.78. The summed E-state index contributed by atoms with van der Waals surface area (Å²) in [6.45, 7) is 12.7. The van der Waals surface area contributed by atoms with Gasteiger partial charge in [0.05, 0.1) is 6.10 Å². The Labute approximate surface area is 141 Å². The Balaban J connectivity index is 2.70. The van der Waals surface area contributed by atoms with Crippen LogP contribution in [-0.2, 0) is 4.74 Å². The molecule has 0 bridgehead atoms. The smallest absolute Gasteiger partial charge is 0.0825 e. The average Bonchev–Trinajstić information content (AvgIpc) is 2.43. The van der Waals surface area contributed by atoms with Crippen LogP contribution in [0, 0.1) is 0 Å². The Morgan fingerprint density at radius 2 is 1.76 bits per heavy atom. The molecule has 120 valence electrons. The van der Waals surface area contributed by atoms with Gasteiger partial charge in [0.15, 0.2) is 0 Å². The van der Waals surface area contributed by atoms with E-state index in [2.05, 4.69) is 74.1 Å². The zero-order valence-corrected chi connectivity index (χ0v) is 17.0. The predicted molar refractivity (Wildman–Crippen MR) is 99.9 cm³/mol. The molecule has 0 aliphatic rings. The largest absolute Gasteiger partial charge is 0.373 e. The van der Waals surface area contributed by atoms with Crippen LogP contribution in [0.25, 0.3) is 0 Å². The molecule has 1 rings (SSSR count). The zero-order chi connectivity index (χ0) is 15.9. The van der Waals surface area contributed by atoms with Crippen LogP contribution in [0.1, 0.15) is 58.1 Å². The topological polar surface area (TPSA) is 9.23 Å². The fourth-order valence-electron chi connectivity index (χ4n) is 2.09. The van der Waals surface area contributed by atoms with Gasteiger partial charge in [0, 0.05) is 19.9 Å². The number of unbranched alkanes of at least 4 members (excludes halogenated alkanes) is 2. The average molecular weight is 371 g/mol. The number of hydrogen-bond donors (Lipinski definition) is 0. The van der Waals surface area contributed by atoms with Crippen LogP contribution in [0.15, 0.2) is 28.7 Å². The molecular weight excluding hydrogens is 340 g/mol. The van der Waals surface area contributed by atoms with Crippen LogP contribution in [0.2, 0.25) is 18.1 Å². The van der Waals surface area contributed by atoms with Crippen LogP contribution >= 0.6 is 15.9 Å². The van der Waals surface area contributed by atoms with Crippen LogP contribution < -0.4 is 0 Å². The zero-order valence-electron chi connectivity index (χ0n) is 14.3. The quantitative estimate of drug-likeness (QED) is 0.363. The molecule has 1 nitrogen and oxygen atoms in total. The molecule has 3 heteroatoms. The third kappa shape index (κ3) is 6.66. The molecule has 0 spiro atoms. The first-order chi connectivity index (χ1) is 9.86. The van der Waals surface area contributed by atoms with E-state index in [4.69, 9.17) is 4.74 Å². The van der Waals surface area contributed by atoms with E-state index in [0.29, 0.717) is 5.04 Å². The van der Waals surface area contributed by atoms with E-state index in [-0.39, 0.29) is 6.10 Å². The van der Waals surface area contributed by atoms with Crippen LogP contribution in [0.5, 0.6) is 0 Å². The van der Waals surface area contributed by atoms with Crippen molar-refractivity contribution in [3.63, 3.8) is 0 Å². The summed E-state index contributed by atoms with van der Waals surface area (Å²) in [6, 6.07) is 8.63. The molecule has 0 aromatic heterocycles. The summed E-state index contributed by atoms with van der Waals surface area (Å²) < 4.78 is 7.49. The molecule has 0 aliphatic carbocycles. The van der Waals surface area contributed by atoms with Crippen molar-refractivity contribution in [2.24, 2.45) is 0 Å². The molecule has 21 heavy (non-hydrogen) atoms. The van der Waals surface area contributed by atoms with E-state index in [0.717, 1.165) is 17.5 Å². The lowest BCUT2D eigenvalue weighted by atomic mass is 10.0. The lowest BCUT2D eigenvalue weighted by Gasteiger charge is -2.30. The monoisotopic (exact) mass is 370 g/mol. The summed E-state index contributed by atoms with van der Waals surface area (Å²) in [4.78, 5) is 0. The normalized spacial score (nSPS) is 13.7. The van der Waals surface area contributed by atoms with Crippen molar-refractivity contribution >= 4 is 24.7 Å². The van der Waals surface area contributed by atoms with Gasteiger partial charge < -0.3 is 4.74 Å². The van der Waals surface area contributed by atoms with Crippen molar-refractivity contribution in [3.05, 3.63) is 34.3 Å². The van der Waals surface area contributed by atoms with Gasteiger partial charge in [-0.1, -0.05) is 81.2 Å². The maximum absolute atomic E-state index is 6.36. The molecule has 1 aromatic rings. The van der Waals surface area contributed by atoms with E-state index in [9.17, 15) is 0 Å². The Hall–Kier alpha value is -0.123. The molecule has 0 unspecified atom stereocenters. The lowest BCUT2D eigenvalue weighted by molar-refractivity contribution is 0.0307. The third-order valence-electron chi connectivity index (χ3n) is 4.53. The number of ether oxygens (including phenoxy) is 1. The van der Waals surface area contributed by atoms with Gasteiger partial charge >= 0.3 is 0 Å². The van der Waals surface area contributed by atoms with Crippen molar-refractivity contribution in [2.75, 3.05) is 6.61 Å². The summed E-state index contributed by atoms with van der Waals surface area (Å²) in [5, 5.41) is 0.359. The SMILES string of the molecule is CCCCC[C@H](OCC(C)(C)[SiH](C)C)c1ccc(Br)cc1. The van der Waals surface area contributed by atoms with Gasteiger partial charge in [-0.3, -0.25) is 0 Å². The molecule has 0 saturated carbocycles. The first-order valence-electron chi connectivity index (χ1n) is 8.24. The van der Waals surface area contributed by atoms with Crippen molar-refractivity contribution in [1.29, 1.82) is 0 Å². The highest BCUT2D eigenvalue weighted by atomic mass is 79.9. The second-order valence-electron chi connectivity index (χ2n) is 6.99. The van der Waals surface area contributed by atoms with Gasteiger partial charge in [0.1, 0.15) is 0 Å². The molecule has 0 amide bonds. The summed E-state index contributed by atoms with van der Waals surface area (Å²) >= 11 is 3.51. The first kappa shape index (κ1) is 18.9. The Bertz CT molecular complexity index is 400. The molecule has 0 fully saturated rings. The van der Waals surface area contributed by atoms with Gasteiger partial charge in [-0.25, -0.2) is 0 Å². The molecule has 0 aliphatic heterocycles. The minimum Gasteiger partial charge on any atom is -0.373 e. The highest BCUT2D eigenvalue weighted by Crippen LogP contribution is 2.33. The summed E-state index contributed by atoms with van der Waals surface area (Å²) in [7, 11) is -0.706. The molecule has 0 heterocycles. The van der Waals surface area contributed by atoms with Gasteiger partial charge in [-0.2, -0.15) is 0 Å². The lowest BCUT2D eigenvalue weighted by Crippen LogP contribution is -2.27. The first-order valence-corrected chi connectivity index (χ1v) is 11.9. The summed E-state index contributed by atoms with van der Waals surface area (Å²) in [5.41, 5.74) is 1.32. The van der Waals surface area contributed by atoms with E-state index in [1.807, 2.05) is 0 Å². The molecule has 1 aromatic carbocycles. The second-order valence-corrected chi connectivity index (χ2v) is 11.8. The van der Waals surface area contributed by atoms with Gasteiger partial charge in [-0.15, -0.1) is 0 Å². The van der Waals surface area contributed by atoms with Crippen LogP contribution in [0.3, 0.4) is 0 Å². The van der Waals surface area contributed by atoms with E-state index in [1.54, 1.807) is 0 Å². The highest BCUT2D eigenvalue weighted by molar-refractivity contribution is 9.10. The molecule has 0 radical (unpaired) electrons. The number of benzene rings is 1. The van der Waals surface area contributed by atoms with Crippen molar-refractivity contribution in [2.45, 2.75) is 70.7 Å². The minimum atomic E-state index is -0.706. The number of rotatable bonds is 9. The summed E-state index contributed by atoms with van der Waals surface area (Å²) in [6.07, 6.45) is 5.18. The Morgan fingerprint density at radius 3 is 2.29 bits per heavy atom. The summed E-state index contributed by atoms with van der Waals surface area (Å²) in [5.74, 6) is 0. The second kappa shape index (κ2) is 9.11. The minimum absolute atomic E-state index is 0.247. The van der Waals surface area contributed by atoms with Crippen molar-refractivity contribution in [3.8, 4) is 0 Å². The third-order valence-corrected chi connectivity index (χ3v) is 8.35. The maximum Gasteiger partial charge on any atom is 0.0825 e. The van der Waals surface area contributed by atoms with Gasteiger partial charge in [0.25, 0.3) is 0 Å². The van der Waals surface area contributed by atoms with E-state index < -0.39 is 8.80 Å². The van der Waals surface area contributed by atoms with Crippen LogP contribution in [0.4, 0.5) is 0 Å². The van der Waals surface area contributed by atoms with Crippen molar-refractivity contribution in [1.82, 2.24) is 0 Å². The highest BCUT2D eigenvalue weighted by Gasteiger charge is 2.25. The number of hydrogen-bond acceptors (Lipinski definition) is 1. The molecular formula is C18H31BrOSi. The fraction of sp³-hybridized carbons (Fsp3) is 0.667. The Morgan fingerprint density at radius 1 is 1.14 bits per heavy atom.